The second-order valence-corrected chi connectivity index (χ2v) is 8.49. The molecule has 1 saturated heterocycles. The van der Waals surface area contributed by atoms with Crippen LogP contribution in [0.15, 0.2) is 33.7 Å². The maximum absolute atomic E-state index is 12.7. The molecule has 1 aromatic heterocycles. The first-order chi connectivity index (χ1) is 12.8. The van der Waals surface area contributed by atoms with Gasteiger partial charge >= 0.3 is 6.03 Å². The molecule has 146 valence electrons. The van der Waals surface area contributed by atoms with E-state index in [9.17, 15) is 13.2 Å². The summed E-state index contributed by atoms with van der Waals surface area (Å²) in [6.45, 7) is 4.49. The van der Waals surface area contributed by atoms with Gasteiger partial charge in [0.25, 0.3) is 0 Å². The molecule has 1 aromatic carbocycles. The van der Waals surface area contributed by atoms with Gasteiger partial charge in [-0.2, -0.15) is 9.29 Å². The number of carbonyl (C=O) groups is 1. The zero-order chi connectivity index (χ0) is 19.4. The molecule has 2 heterocycles. The highest BCUT2D eigenvalue weighted by molar-refractivity contribution is 7.89. The van der Waals surface area contributed by atoms with E-state index in [1.54, 1.807) is 31.2 Å². The molecule has 1 fully saturated rings. The highest BCUT2D eigenvalue weighted by atomic mass is 32.2. The molecule has 0 bridgehead atoms. The molecule has 1 aliphatic rings. The average molecular weight is 393 g/mol. The van der Waals surface area contributed by atoms with Crippen molar-refractivity contribution in [3.8, 4) is 0 Å². The largest absolute Gasteiger partial charge is 0.340 e. The first-order valence-corrected chi connectivity index (χ1v) is 10.2. The standard InChI is InChI=1S/C17H23N5O4S/c1-12-3-5-15(6-4-12)27(24,25)22-9-7-14(8-10-22)20-17(23)18-11-16-19-13(2)26-21-16/h3-6,14H,7-11H2,1-2H3,(H2,18,20,23). The van der Waals surface area contributed by atoms with Crippen LogP contribution in [0.25, 0.3) is 0 Å². The van der Waals surface area contributed by atoms with Crippen molar-refractivity contribution in [2.45, 2.75) is 44.2 Å². The number of hydrogen-bond donors (Lipinski definition) is 2. The molecule has 0 unspecified atom stereocenters. The molecule has 0 saturated carbocycles. The minimum absolute atomic E-state index is 0.0820. The van der Waals surface area contributed by atoms with Gasteiger partial charge < -0.3 is 15.2 Å². The summed E-state index contributed by atoms with van der Waals surface area (Å²) in [5, 5.41) is 9.23. The average Bonchev–Trinajstić information content (AvgIpc) is 3.06. The van der Waals surface area contributed by atoms with Gasteiger partial charge in [-0.1, -0.05) is 22.9 Å². The van der Waals surface area contributed by atoms with E-state index in [1.807, 2.05) is 6.92 Å². The number of benzene rings is 1. The maximum atomic E-state index is 12.7. The van der Waals surface area contributed by atoms with Crippen molar-refractivity contribution in [2.75, 3.05) is 13.1 Å². The third-order valence-corrected chi connectivity index (χ3v) is 6.34. The molecule has 0 atom stereocenters. The van der Waals surface area contributed by atoms with Gasteiger partial charge in [0.1, 0.15) is 0 Å². The Morgan fingerprint density at radius 2 is 1.89 bits per heavy atom. The zero-order valence-corrected chi connectivity index (χ0v) is 16.1. The van der Waals surface area contributed by atoms with Gasteiger partial charge in [-0.05, 0) is 31.9 Å². The van der Waals surface area contributed by atoms with E-state index in [2.05, 4.69) is 20.8 Å². The molecule has 0 spiro atoms. The molecule has 1 aliphatic heterocycles. The smallest absolute Gasteiger partial charge is 0.315 e. The Morgan fingerprint density at radius 1 is 1.22 bits per heavy atom. The molecular formula is C17H23N5O4S. The van der Waals surface area contributed by atoms with Crippen molar-refractivity contribution in [2.24, 2.45) is 0 Å². The Kier molecular flexibility index (Phi) is 5.76. The molecule has 0 aliphatic carbocycles. The number of aromatic nitrogens is 2. The van der Waals surface area contributed by atoms with Crippen LogP contribution in [-0.2, 0) is 16.6 Å². The first kappa shape index (κ1) is 19.3. The number of sulfonamides is 1. The van der Waals surface area contributed by atoms with E-state index in [4.69, 9.17) is 4.52 Å². The van der Waals surface area contributed by atoms with Gasteiger partial charge in [-0.3, -0.25) is 0 Å². The summed E-state index contributed by atoms with van der Waals surface area (Å²) in [5.41, 5.74) is 1.01. The number of carbonyl (C=O) groups excluding carboxylic acids is 1. The predicted octanol–water partition coefficient (Wildman–Crippen LogP) is 1.34. The lowest BCUT2D eigenvalue weighted by atomic mass is 10.1. The summed E-state index contributed by atoms with van der Waals surface area (Å²) in [6.07, 6.45) is 1.11. The molecule has 3 rings (SSSR count). The molecule has 2 N–H and O–H groups in total. The number of nitrogens with zero attached hydrogens (tertiary/aromatic N) is 3. The van der Waals surface area contributed by atoms with E-state index >= 15 is 0 Å². The van der Waals surface area contributed by atoms with E-state index in [1.165, 1.54) is 4.31 Å². The Hall–Kier alpha value is -2.46. The summed E-state index contributed by atoms with van der Waals surface area (Å²) in [5.74, 6) is 0.844. The molecule has 0 radical (unpaired) electrons. The van der Waals surface area contributed by atoms with Gasteiger partial charge in [-0.15, -0.1) is 0 Å². The van der Waals surface area contributed by atoms with Crippen LogP contribution in [0, 0.1) is 13.8 Å². The van der Waals surface area contributed by atoms with Crippen LogP contribution in [0.2, 0.25) is 0 Å². The normalized spacial score (nSPS) is 16.2. The van der Waals surface area contributed by atoms with E-state index < -0.39 is 10.0 Å². The summed E-state index contributed by atoms with van der Waals surface area (Å²) < 4.78 is 31.7. The molecular weight excluding hydrogens is 370 g/mol. The van der Waals surface area contributed by atoms with Crippen LogP contribution in [0.3, 0.4) is 0 Å². The monoisotopic (exact) mass is 393 g/mol. The highest BCUT2D eigenvalue weighted by Gasteiger charge is 2.29. The fraction of sp³-hybridized carbons (Fsp3) is 0.471. The third-order valence-electron chi connectivity index (χ3n) is 4.42. The van der Waals surface area contributed by atoms with Crippen molar-refractivity contribution >= 4 is 16.1 Å². The van der Waals surface area contributed by atoms with Gasteiger partial charge in [0.15, 0.2) is 5.82 Å². The SMILES string of the molecule is Cc1ccc(S(=O)(=O)N2CCC(NC(=O)NCc3noc(C)n3)CC2)cc1. The van der Waals surface area contributed by atoms with Crippen molar-refractivity contribution in [3.63, 3.8) is 0 Å². The number of aryl methyl sites for hydroxylation is 2. The molecule has 9 nitrogen and oxygen atoms in total. The molecule has 27 heavy (non-hydrogen) atoms. The van der Waals surface area contributed by atoms with Gasteiger partial charge in [0, 0.05) is 26.1 Å². The maximum Gasteiger partial charge on any atom is 0.315 e. The number of amides is 2. The Morgan fingerprint density at radius 3 is 2.48 bits per heavy atom. The van der Waals surface area contributed by atoms with Crippen molar-refractivity contribution in [3.05, 3.63) is 41.5 Å². The number of nitrogens with one attached hydrogen (secondary N) is 2. The van der Waals surface area contributed by atoms with Crippen molar-refractivity contribution in [1.29, 1.82) is 0 Å². The Balaban J connectivity index is 1.48. The van der Waals surface area contributed by atoms with Gasteiger partial charge in [-0.25, -0.2) is 13.2 Å². The lowest BCUT2D eigenvalue weighted by molar-refractivity contribution is 0.227. The summed E-state index contributed by atoms with van der Waals surface area (Å²) in [7, 11) is -3.50. The molecule has 10 heteroatoms. The van der Waals surface area contributed by atoms with Crippen LogP contribution < -0.4 is 10.6 Å². The van der Waals surface area contributed by atoms with Crippen LogP contribution in [-0.4, -0.2) is 48.0 Å². The lowest BCUT2D eigenvalue weighted by Crippen LogP contribution is -2.49. The zero-order valence-electron chi connectivity index (χ0n) is 15.3. The Bertz CT molecular complexity index is 886. The molecule has 2 aromatic rings. The lowest BCUT2D eigenvalue weighted by Gasteiger charge is -2.31. The number of rotatable bonds is 5. The summed E-state index contributed by atoms with van der Waals surface area (Å²) >= 11 is 0. The second-order valence-electron chi connectivity index (χ2n) is 6.55. The van der Waals surface area contributed by atoms with Crippen molar-refractivity contribution in [1.82, 2.24) is 25.1 Å². The summed E-state index contributed by atoms with van der Waals surface area (Å²) in [6, 6.07) is 6.41. The minimum atomic E-state index is -3.50. The Labute approximate surface area is 158 Å². The quantitative estimate of drug-likeness (QED) is 0.792. The van der Waals surface area contributed by atoms with E-state index in [-0.39, 0.29) is 18.6 Å². The minimum Gasteiger partial charge on any atom is -0.340 e. The second kappa shape index (κ2) is 8.05. The van der Waals surface area contributed by atoms with Crippen LogP contribution >= 0.6 is 0 Å². The van der Waals surface area contributed by atoms with Gasteiger partial charge in [0.2, 0.25) is 15.9 Å². The molecule has 2 amide bonds. The third kappa shape index (κ3) is 4.83. The first-order valence-electron chi connectivity index (χ1n) is 8.75. The fourth-order valence-electron chi connectivity index (χ4n) is 2.91. The summed E-state index contributed by atoms with van der Waals surface area (Å²) in [4.78, 5) is 16.3. The van der Waals surface area contributed by atoms with Crippen LogP contribution in [0.5, 0.6) is 0 Å². The van der Waals surface area contributed by atoms with E-state index in [0.29, 0.717) is 42.5 Å². The van der Waals surface area contributed by atoms with Gasteiger partial charge in [0.05, 0.1) is 11.4 Å². The predicted molar refractivity (Wildman–Crippen MR) is 97.4 cm³/mol. The fourth-order valence-corrected chi connectivity index (χ4v) is 4.38. The van der Waals surface area contributed by atoms with Crippen LogP contribution in [0.1, 0.15) is 30.1 Å². The van der Waals surface area contributed by atoms with Crippen LogP contribution in [0.4, 0.5) is 4.79 Å². The number of hydrogen-bond acceptors (Lipinski definition) is 6. The number of piperidine rings is 1. The van der Waals surface area contributed by atoms with E-state index in [0.717, 1.165) is 5.56 Å². The topological polar surface area (TPSA) is 117 Å². The van der Waals surface area contributed by atoms with Crippen molar-refractivity contribution < 1.29 is 17.7 Å². The number of urea groups is 1. The highest BCUT2D eigenvalue weighted by Crippen LogP contribution is 2.21.